The lowest BCUT2D eigenvalue weighted by atomic mass is 9.93. The van der Waals surface area contributed by atoms with Gasteiger partial charge in [-0.3, -0.25) is 0 Å². The van der Waals surface area contributed by atoms with E-state index in [1.807, 2.05) is 0 Å². The number of esters is 1. The molecule has 1 fully saturated rings. The van der Waals surface area contributed by atoms with E-state index >= 15 is 0 Å². The SMILES string of the molecule is COC(=O)c1coc(S(=O)(=O)NC2CCC(N)CC2)c1.Cl. The number of methoxy groups -OCH3 is 1. The van der Waals surface area contributed by atoms with Crippen molar-refractivity contribution in [1.29, 1.82) is 0 Å². The van der Waals surface area contributed by atoms with E-state index in [1.165, 1.54) is 7.11 Å². The predicted octanol–water partition coefficient (Wildman–Crippen LogP) is 1.04. The molecule has 21 heavy (non-hydrogen) atoms. The van der Waals surface area contributed by atoms with Gasteiger partial charge < -0.3 is 14.9 Å². The number of ether oxygens (including phenoxy) is 1. The van der Waals surface area contributed by atoms with Crippen molar-refractivity contribution in [2.75, 3.05) is 7.11 Å². The number of nitrogens with one attached hydrogen (secondary N) is 1. The van der Waals surface area contributed by atoms with Crippen molar-refractivity contribution in [3.63, 3.8) is 0 Å². The fourth-order valence-corrected chi connectivity index (χ4v) is 3.44. The molecule has 9 heteroatoms. The maximum Gasteiger partial charge on any atom is 0.341 e. The summed E-state index contributed by atoms with van der Waals surface area (Å²) in [5.41, 5.74) is 5.84. The smallest absolute Gasteiger partial charge is 0.341 e. The van der Waals surface area contributed by atoms with Crippen LogP contribution in [0.25, 0.3) is 0 Å². The summed E-state index contributed by atoms with van der Waals surface area (Å²) < 4.78 is 36.2. The summed E-state index contributed by atoms with van der Waals surface area (Å²) in [4.78, 5) is 11.3. The zero-order chi connectivity index (χ0) is 14.8. The zero-order valence-corrected chi connectivity index (χ0v) is 13.2. The lowest BCUT2D eigenvalue weighted by Crippen LogP contribution is -2.40. The molecule has 1 aromatic rings. The number of hydrogen-bond donors (Lipinski definition) is 2. The molecular formula is C12H19ClN2O5S. The van der Waals surface area contributed by atoms with Crippen LogP contribution in [0.4, 0.5) is 0 Å². The monoisotopic (exact) mass is 338 g/mol. The van der Waals surface area contributed by atoms with Gasteiger partial charge in [-0.05, 0) is 25.7 Å². The average Bonchev–Trinajstić information content (AvgIpc) is 2.91. The largest absolute Gasteiger partial charge is 0.465 e. The minimum atomic E-state index is -3.76. The standard InChI is InChI=1S/C12H18N2O5S.ClH/c1-18-12(15)8-6-11(19-7-8)20(16,17)14-10-4-2-9(13)3-5-10;/h6-7,9-10,14H,2-5,13H2,1H3;1H. The van der Waals surface area contributed by atoms with Gasteiger partial charge in [0.25, 0.3) is 10.0 Å². The van der Waals surface area contributed by atoms with Crippen LogP contribution in [0.15, 0.2) is 21.8 Å². The van der Waals surface area contributed by atoms with E-state index in [4.69, 9.17) is 10.2 Å². The van der Waals surface area contributed by atoms with Crippen LogP contribution in [0.3, 0.4) is 0 Å². The highest BCUT2D eigenvalue weighted by Crippen LogP contribution is 2.20. The van der Waals surface area contributed by atoms with Gasteiger partial charge in [0.1, 0.15) is 6.26 Å². The molecule has 0 aromatic carbocycles. The summed E-state index contributed by atoms with van der Waals surface area (Å²) in [6, 6.07) is 1.15. The van der Waals surface area contributed by atoms with E-state index < -0.39 is 16.0 Å². The van der Waals surface area contributed by atoms with Crippen LogP contribution in [0.5, 0.6) is 0 Å². The van der Waals surface area contributed by atoms with Crippen molar-refractivity contribution in [1.82, 2.24) is 4.72 Å². The number of rotatable bonds is 4. The maximum absolute atomic E-state index is 12.1. The topological polar surface area (TPSA) is 112 Å². The molecule has 3 N–H and O–H groups in total. The van der Waals surface area contributed by atoms with E-state index in [9.17, 15) is 13.2 Å². The lowest BCUT2D eigenvalue weighted by Gasteiger charge is -2.26. The van der Waals surface area contributed by atoms with E-state index in [0.717, 1.165) is 25.2 Å². The van der Waals surface area contributed by atoms with E-state index in [1.54, 1.807) is 0 Å². The third-order valence-corrected chi connectivity index (χ3v) is 4.74. The molecule has 120 valence electrons. The van der Waals surface area contributed by atoms with Crippen LogP contribution < -0.4 is 10.5 Å². The first-order valence-electron chi connectivity index (χ1n) is 6.37. The molecule has 0 unspecified atom stereocenters. The molecule has 0 radical (unpaired) electrons. The predicted molar refractivity (Wildman–Crippen MR) is 77.8 cm³/mol. The van der Waals surface area contributed by atoms with Crippen LogP contribution in [0, 0.1) is 0 Å². The Bertz CT molecular complexity index is 578. The van der Waals surface area contributed by atoms with Gasteiger partial charge in [0.15, 0.2) is 0 Å². The number of carbonyl (C=O) groups is 1. The van der Waals surface area contributed by atoms with Gasteiger partial charge >= 0.3 is 5.97 Å². The Labute approximate surface area is 129 Å². The first kappa shape index (κ1) is 18.0. The minimum Gasteiger partial charge on any atom is -0.465 e. The molecule has 0 amide bonds. The fourth-order valence-electron chi connectivity index (χ4n) is 2.20. The molecule has 2 rings (SSSR count). The molecule has 1 heterocycles. The summed E-state index contributed by atoms with van der Waals surface area (Å²) in [6.45, 7) is 0. The van der Waals surface area contributed by atoms with Crippen molar-refractivity contribution in [2.24, 2.45) is 5.73 Å². The summed E-state index contributed by atoms with van der Waals surface area (Å²) in [6.07, 6.45) is 4.05. The third-order valence-electron chi connectivity index (χ3n) is 3.36. The summed E-state index contributed by atoms with van der Waals surface area (Å²) >= 11 is 0. The van der Waals surface area contributed by atoms with Crippen molar-refractivity contribution in [2.45, 2.75) is 42.9 Å². The van der Waals surface area contributed by atoms with Crippen LogP contribution in [0.1, 0.15) is 36.0 Å². The molecule has 0 spiro atoms. The first-order chi connectivity index (χ1) is 9.42. The second-order valence-corrected chi connectivity index (χ2v) is 6.52. The van der Waals surface area contributed by atoms with Crippen LogP contribution >= 0.6 is 12.4 Å². The number of furan rings is 1. The van der Waals surface area contributed by atoms with Gasteiger partial charge in [0.05, 0.1) is 12.7 Å². The second kappa shape index (κ2) is 7.26. The Balaban J connectivity index is 0.00000220. The molecule has 0 saturated heterocycles. The highest BCUT2D eigenvalue weighted by molar-refractivity contribution is 7.89. The fraction of sp³-hybridized carbons (Fsp3) is 0.583. The van der Waals surface area contributed by atoms with E-state index in [2.05, 4.69) is 9.46 Å². The van der Waals surface area contributed by atoms with Gasteiger partial charge in [0, 0.05) is 18.2 Å². The van der Waals surface area contributed by atoms with Gasteiger partial charge in [-0.15, -0.1) is 12.4 Å². The van der Waals surface area contributed by atoms with E-state index in [-0.39, 0.29) is 35.1 Å². The molecule has 0 bridgehead atoms. The molecule has 1 aliphatic rings. The van der Waals surface area contributed by atoms with Gasteiger partial charge in [-0.1, -0.05) is 0 Å². The van der Waals surface area contributed by atoms with Crippen molar-refractivity contribution >= 4 is 28.4 Å². The van der Waals surface area contributed by atoms with Gasteiger partial charge in [-0.2, -0.15) is 0 Å². The van der Waals surface area contributed by atoms with E-state index in [0.29, 0.717) is 12.8 Å². The zero-order valence-electron chi connectivity index (χ0n) is 11.6. The number of carbonyl (C=O) groups excluding carboxylic acids is 1. The molecule has 1 aromatic heterocycles. The molecule has 1 saturated carbocycles. The van der Waals surface area contributed by atoms with Crippen molar-refractivity contribution < 1.29 is 22.4 Å². The van der Waals surface area contributed by atoms with Crippen LogP contribution in [-0.2, 0) is 14.8 Å². The molecule has 0 atom stereocenters. The normalized spacial score (nSPS) is 22.4. The van der Waals surface area contributed by atoms with Crippen LogP contribution in [0.2, 0.25) is 0 Å². The number of nitrogens with two attached hydrogens (primary N) is 1. The number of halogens is 1. The lowest BCUT2D eigenvalue weighted by molar-refractivity contribution is 0.0600. The summed E-state index contributed by atoms with van der Waals surface area (Å²) in [7, 11) is -2.55. The third kappa shape index (κ3) is 4.44. The maximum atomic E-state index is 12.1. The number of sulfonamides is 1. The van der Waals surface area contributed by atoms with Gasteiger partial charge in [-0.25, -0.2) is 17.9 Å². The van der Waals surface area contributed by atoms with Crippen molar-refractivity contribution in [3.8, 4) is 0 Å². The quantitative estimate of drug-likeness (QED) is 0.793. The summed E-state index contributed by atoms with van der Waals surface area (Å²) in [5.74, 6) is -0.640. The summed E-state index contributed by atoms with van der Waals surface area (Å²) in [5, 5.41) is -0.284. The Morgan fingerprint density at radius 1 is 1.38 bits per heavy atom. The van der Waals surface area contributed by atoms with Crippen molar-refractivity contribution in [3.05, 3.63) is 17.9 Å². The molecule has 0 aliphatic heterocycles. The second-order valence-electron chi connectivity index (χ2n) is 4.88. The highest BCUT2D eigenvalue weighted by Gasteiger charge is 2.27. The Morgan fingerprint density at radius 2 is 2.00 bits per heavy atom. The molecular weight excluding hydrogens is 320 g/mol. The molecule has 7 nitrogen and oxygen atoms in total. The minimum absolute atomic E-state index is 0. The average molecular weight is 339 g/mol. The number of hydrogen-bond acceptors (Lipinski definition) is 6. The highest BCUT2D eigenvalue weighted by atomic mass is 35.5. The van der Waals surface area contributed by atoms with Crippen LogP contribution in [-0.4, -0.2) is 33.6 Å². The Kier molecular flexibility index (Phi) is 6.21. The van der Waals surface area contributed by atoms with Gasteiger partial charge in [0.2, 0.25) is 5.09 Å². The molecule has 1 aliphatic carbocycles. The Hall–Kier alpha value is -1.09. The Morgan fingerprint density at radius 3 is 2.57 bits per heavy atom. The first-order valence-corrected chi connectivity index (χ1v) is 7.85.